The van der Waals surface area contributed by atoms with Crippen LogP contribution in [0.2, 0.25) is 10.0 Å². The monoisotopic (exact) mass is 525 g/mol. The van der Waals surface area contributed by atoms with Crippen molar-refractivity contribution in [3.63, 3.8) is 0 Å². The second-order valence-electron chi connectivity index (χ2n) is 10.6. The Labute approximate surface area is 222 Å². The number of carbonyl (C=O) groups is 1. The van der Waals surface area contributed by atoms with Crippen molar-refractivity contribution in [2.75, 3.05) is 18.0 Å². The van der Waals surface area contributed by atoms with E-state index in [0.29, 0.717) is 28.6 Å². The number of likely N-dealkylation sites (tertiary alicyclic amines) is 1. The molecule has 0 N–H and O–H groups in total. The molecule has 7 heteroatoms. The van der Waals surface area contributed by atoms with E-state index in [2.05, 4.69) is 31.7 Å². The summed E-state index contributed by atoms with van der Waals surface area (Å²) in [6, 6.07) is 13.7. The number of anilines is 2. The number of fused-ring (bicyclic) bond motifs is 1. The summed E-state index contributed by atoms with van der Waals surface area (Å²) in [4.78, 5) is 22.6. The number of nitrogens with zero attached hydrogens (tertiary/aromatic N) is 3. The number of hydrogen-bond acceptors (Lipinski definition) is 3. The number of benzene rings is 2. The first-order valence-corrected chi connectivity index (χ1v) is 13.2. The molecule has 0 radical (unpaired) electrons. The van der Waals surface area contributed by atoms with E-state index in [4.69, 9.17) is 28.2 Å². The fourth-order valence-electron chi connectivity index (χ4n) is 5.35. The van der Waals surface area contributed by atoms with Gasteiger partial charge in [-0.25, -0.2) is 4.39 Å². The summed E-state index contributed by atoms with van der Waals surface area (Å²) >= 11 is 13.1. The highest BCUT2D eigenvalue weighted by Gasteiger charge is 2.34. The lowest BCUT2D eigenvalue weighted by Gasteiger charge is -2.41. The van der Waals surface area contributed by atoms with Gasteiger partial charge in [0.2, 0.25) is 5.91 Å². The van der Waals surface area contributed by atoms with Crippen LogP contribution in [0.25, 0.3) is 11.3 Å². The van der Waals surface area contributed by atoms with Gasteiger partial charge in [0.1, 0.15) is 5.82 Å². The van der Waals surface area contributed by atoms with Crippen LogP contribution in [-0.4, -0.2) is 34.4 Å². The minimum atomic E-state index is -0.294. The number of hydrogen-bond donors (Lipinski definition) is 0. The molecule has 0 spiro atoms. The molecule has 5 rings (SSSR count). The molecule has 0 saturated carbocycles. The van der Waals surface area contributed by atoms with Gasteiger partial charge in [-0.1, -0.05) is 29.3 Å². The molecule has 2 aliphatic heterocycles. The minimum absolute atomic E-state index is 0.0535. The number of halogens is 3. The third-order valence-corrected chi connectivity index (χ3v) is 7.95. The Balaban J connectivity index is 1.65. The van der Waals surface area contributed by atoms with Crippen LogP contribution in [-0.2, 0) is 11.2 Å². The second kappa shape index (κ2) is 9.77. The second-order valence-corrected chi connectivity index (χ2v) is 11.4. The van der Waals surface area contributed by atoms with E-state index >= 15 is 0 Å². The first-order valence-electron chi connectivity index (χ1n) is 12.5. The quantitative estimate of drug-likeness (QED) is 0.350. The molecule has 2 aliphatic rings. The van der Waals surface area contributed by atoms with Gasteiger partial charge in [0.25, 0.3) is 0 Å². The average molecular weight is 526 g/mol. The van der Waals surface area contributed by atoms with Crippen molar-refractivity contribution >= 4 is 40.5 Å². The molecule has 0 unspecified atom stereocenters. The van der Waals surface area contributed by atoms with E-state index in [1.54, 1.807) is 35.2 Å². The standard InChI is InChI=1S/C29H30Cl2FN3O/c1-29(2,3)34-15-13-18(14-16-34)24-17-25-21(27(33-24)19-7-9-20(32)10-8-19)11-12-26(36)35(25)28-22(30)5-4-6-23(28)31/h4-10,17-18H,11-16H2,1-3H3. The number of para-hydroxylation sites is 1. The molecule has 1 aromatic heterocycles. The van der Waals surface area contributed by atoms with Gasteiger partial charge in [-0.15, -0.1) is 0 Å². The molecule has 1 amide bonds. The predicted octanol–water partition coefficient (Wildman–Crippen LogP) is 7.78. The maximum absolute atomic E-state index is 13.8. The molecule has 1 saturated heterocycles. The van der Waals surface area contributed by atoms with E-state index in [9.17, 15) is 9.18 Å². The fraction of sp³-hybridized carbons (Fsp3) is 0.379. The Bertz CT molecular complexity index is 1270. The van der Waals surface area contributed by atoms with Gasteiger partial charge in [-0.2, -0.15) is 0 Å². The molecule has 0 bridgehead atoms. The van der Waals surface area contributed by atoms with Crippen molar-refractivity contribution in [1.82, 2.24) is 9.88 Å². The van der Waals surface area contributed by atoms with Crippen LogP contribution >= 0.6 is 23.2 Å². The Hall–Kier alpha value is -2.47. The van der Waals surface area contributed by atoms with Gasteiger partial charge in [0.15, 0.2) is 0 Å². The molecular formula is C29H30Cl2FN3O. The lowest BCUT2D eigenvalue weighted by Crippen LogP contribution is -2.45. The highest BCUT2D eigenvalue weighted by atomic mass is 35.5. The summed E-state index contributed by atoms with van der Waals surface area (Å²) in [6.07, 6.45) is 2.82. The summed E-state index contributed by atoms with van der Waals surface area (Å²) in [5, 5.41) is 0.841. The zero-order chi connectivity index (χ0) is 25.6. The molecule has 0 atom stereocenters. The van der Waals surface area contributed by atoms with Crippen LogP contribution < -0.4 is 4.90 Å². The zero-order valence-corrected chi connectivity index (χ0v) is 22.3. The Morgan fingerprint density at radius 2 is 1.61 bits per heavy atom. The van der Waals surface area contributed by atoms with Crippen LogP contribution in [0.1, 0.15) is 57.2 Å². The Kier molecular flexibility index (Phi) is 6.84. The van der Waals surface area contributed by atoms with Crippen LogP contribution in [0.3, 0.4) is 0 Å². The molecule has 188 valence electrons. The smallest absolute Gasteiger partial charge is 0.231 e. The number of piperidine rings is 1. The summed E-state index contributed by atoms with van der Waals surface area (Å²) < 4.78 is 13.8. The highest BCUT2D eigenvalue weighted by molar-refractivity contribution is 6.40. The van der Waals surface area contributed by atoms with E-state index in [0.717, 1.165) is 54.1 Å². The van der Waals surface area contributed by atoms with E-state index in [1.165, 1.54) is 12.1 Å². The molecule has 0 aliphatic carbocycles. The van der Waals surface area contributed by atoms with Crippen molar-refractivity contribution in [2.45, 2.75) is 57.9 Å². The van der Waals surface area contributed by atoms with Gasteiger partial charge < -0.3 is 0 Å². The lowest BCUT2D eigenvalue weighted by molar-refractivity contribution is -0.118. The predicted molar refractivity (Wildman–Crippen MR) is 145 cm³/mol. The van der Waals surface area contributed by atoms with Gasteiger partial charge in [-0.3, -0.25) is 19.6 Å². The number of rotatable bonds is 3. The summed E-state index contributed by atoms with van der Waals surface area (Å²) in [5.74, 6) is -0.0890. The number of amides is 1. The zero-order valence-electron chi connectivity index (χ0n) is 20.8. The summed E-state index contributed by atoms with van der Waals surface area (Å²) in [6.45, 7) is 8.70. The molecule has 3 heterocycles. The van der Waals surface area contributed by atoms with Crippen LogP contribution in [0.5, 0.6) is 0 Å². The van der Waals surface area contributed by atoms with Crippen LogP contribution in [0, 0.1) is 5.82 Å². The molecule has 4 nitrogen and oxygen atoms in total. The van der Waals surface area contributed by atoms with Crippen molar-refractivity contribution in [1.29, 1.82) is 0 Å². The number of carbonyl (C=O) groups excluding carboxylic acids is 1. The van der Waals surface area contributed by atoms with Gasteiger partial charge in [-0.05, 0) is 95.6 Å². The maximum Gasteiger partial charge on any atom is 0.231 e. The van der Waals surface area contributed by atoms with Crippen molar-refractivity contribution in [3.8, 4) is 11.3 Å². The van der Waals surface area contributed by atoms with Crippen LogP contribution in [0.4, 0.5) is 15.8 Å². The van der Waals surface area contributed by atoms with Crippen molar-refractivity contribution < 1.29 is 9.18 Å². The average Bonchev–Trinajstić information content (AvgIpc) is 2.84. The fourth-order valence-corrected chi connectivity index (χ4v) is 5.92. The maximum atomic E-state index is 13.8. The van der Waals surface area contributed by atoms with E-state index in [1.807, 2.05) is 0 Å². The van der Waals surface area contributed by atoms with E-state index in [-0.39, 0.29) is 23.2 Å². The normalized spacial score (nSPS) is 17.4. The molecule has 2 aromatic carbocycles. The lowest BCUT2D eigenvalue weighted by atomic mass is 9.87. The Morgan fingerprint density at radius 3 is 2.22 bits per heavy atom. The largest absolute Gasteiger partial charge is 0.298 e. The summed E-state index contributed by atoms with van der Waals surface area (Å²) in [7, 11) is 0. The molecule has 36 heavy (non-hydrogen) atoms. The first-order chi connectivity index (χ1) is 17.1. The Morgan fingerprint density at radius 1 is 0.972 bits per heavy atom. The number of aromatic nitrogens is 1. The summed E-state index contributed by atoms with van der Waals surface area (Å²) in [5.41, 5.74) is 4.91. The number of pyridine rings is 1. The van der Waals surface area contributed by atoms with E-state index < -0.39 is 0 Å². The first kappa shape index (κ1) is 25.2. The third kappa shape index (κ3) is 4.77. The molecule has 3 aromatic rings. The topological polar surface area (TPSA) is 36.4 Å². The molecule has 1 fully saturated rings. The molecular weight excluding hydrogens is 496 g/mol. The minimum Gasteiger partial charge on any atom is -0.298 e. The van der Waals surface area contributed by atoms with Crippen LogP contribution in [0.15, 0.2) is 48.5 Å². The SMILES string of the molecule is CC(C)(C)N1CCC(c2cc3c(c(-c4ccc(F)cc4)n2)CCC(=O)N3c2c(Cl)cccc2Cl)CC1. The highest BCUT2D eigenvalue weighted by Crippen LogP contribution is 2.45. The van der Waals surface area contributed by atoms with Gasteiger partial charge in [0, 0.05) is 34.7 Å². The van der Waals surface area contributed by atoms with Crippen molar-refractivity contribution in [2.24, 2.45) is 0 Å². The van der Waals surface area contributed by atoms with Gasteiger partial charge >= 0.3 is 0 Å². The van der Waals surface area contributed by atoms with Gasteiger partial charge in [0.05, 0.1) is 27.1 Å². The van der Waals surface area contributed by atoms with Crippen molar-refractivity contribution in [3.05, 3.63) is 75.7 Å². The third-order valence-electron chi connectivity index (χ3n) is 7.34.